The van der Waals surface area contributed by atoms with Gasteiger partial charge in [0.15, 0.2) is 16.7 Å². The van der Waals surface area contributed by atoms with Crippen LogP contribution in [0.15, 0.2) is 23.6 Å². The SMILES string of the molecule is COc1ccc(-c2csc(NC(=O)C(N)CCS(C)(=O)=O)n2)cc1F.Cl. The van der Waals surface area contributed by atoms with Crippen LogP contribution in [-0.4, -0.2) is 44.5 Å². The molecule has 0 bridgehead atoms. The van der Waals surface area contributed by atoms with Crippen molar-refractivity contribution in [3.63, 3.8) is 0 Å². The lowest BCUT2D eigenvalue weighted by atomic mass is 10.1. The second-order valence-corrected chi connectivity index (χ2v) is 8.52. The van der Waals surface area contributed by atoms with Crippen molar-refractivity contribution in [2.45, 2.75) is 12.5 Å². The van der Waals surface area contributed by atoms with E-state index in [1.165, 1.54) is 19.2 Å². The molecule has 0 saturated carbocycles. The van der Waals surface area contributed by atoms with Gasteiger partial charge in [-0.2, -0.15) is 0 Å². The lowest BCUT2D eigenvalue weighted by Gasteiger charge is -2.09. The first kappa shape index (κ1) is 22.3. The van der Waals surface area contributed by atoms with Crippen molar-refractivity contribution in [3.05, 3.63) is 29.4 Å². The summed E-state index contributed by atoms with van der Waals surface area (Å²) in [7, 11) is -1.81. The van der Waals surface area contributed by atoms with E-state index in [1.807, 2.05) is 0 Å². The summed E-state index contributed by atoms with van der Waals surface area (Å²) in [5.41, 5.74) is 6.71. The fourth-order valence-electron chi connectivity index (χ4n) is 1.96. The van der Waals surface area contributed by atoms with E-state index in [1.54, 1.807) is 11.4 Å². The molecule has 2 aromatic rings. The topological polar surface area (TPSA) is 111 Å². The molecular weight excluding hydrogens is 405 g/mol. The number of rotatable bonds is 7. The van der Waals surface area contributed by atoms with Gasteiger partial charge in [-0.05, 0) is 24.6 Å². The van der Waals surface area contributed by atoms with Crippen LogP contribution in [0.5, 0.6) is 5.75 Å². The van der Waals surface area contributed by atoms with Gasteiger partial charge >= 0.3 is 0 Å². The van der Waals surface area contributed by atoms with Gasteiger partial charge in [-0.15, -0.1) is 23.7 Å². The number of ether oxygens (including phenoxy) is 1. The summed E-state index contributed by atoms with van der Waals surface area (Å²) in [6.45, 7) is 0. The van der Waals surface area contributed by atoms with Crippen LogP contribution in [0.4, 0.5) is 9.52 Å². The van der Waals surface area contributed by atoms with E-state index < -0.39 is 27.6 Å². The molecule has 1 atom stereocenters. The van der Waals surface area contributed by atoms with Crippen molar-refractivity contribution < 1.29 is 22.3 Å². The summed E-state index contributed by atoms with van der Waals surface area (Å²) >= 11 is 1.16. The molecule has 0 aliphatic carbocycles. The van der Waals surface area contributed by atoms with Crippen LogP contribution in [0.25, 0.3) is 11.3 Å². The molecule has 0 aliphatic heterocycles. The first-order valence-corrected chi connectivity index (χ1v) is 10.2. The molecule has 1 aromatic heterocycles. The Hall–Kier alpha value is -1.75. The Morgan fingerprint density at radius 2 is 2.15 bits per heavy atom. The van der Waals surface area contributed by atoms with Crippen molar-refractivity contribution in [3.8, 4) is 17.0 Å². The zero-order chi connectivity index (χ0) is 18.6. The van der Waals surface area contributed by atoms with Gasteiger partial charge in [-0.3, -0.25) is 4.79 Å². The number of methoxy groups -OCH3 is 1. The van der Waals surface area contributed by atoms with Gasteiger partial charge in [-0.1, -0.05) is 0 Å². The first-order chi connectivity index (χ1) is 11.7. The number of anilines is 1. The summed E-state index contributed by atoms with van der Waals surface area (Å²) in [5.74, 6) is -1.08. The molecule has 0 saturated heterocycles. The zero-order valence-corrected chi connectivity index (χ0v) is 16.5. The highest BCUT2D eigenvalue weighted by Gasteiger charge is 2.18. The number of aromatic nitrogens is 1. The molecule has 11 heteroatoms. The van der Waals surface area contributed by atoms with E-state index in [0.29, 0.717) is 16.4 Å². The van der Waals surface area contributed by atoms with Gasteiger partial charge in [0.2, 0.25) is 5.91 Å². The van der Waals surface area contributed by atoms with Crippen molar-refractivity contribution in [1.29, 1.82) is 0 Å². The lowest BCUT2D eigenvalue weighted by molar-refractivity contribution is -0.117. The van der Waals surface area contributed by atoms with E-state index in [9.17, 15) is 17.6 Å². The Kier molecular flexibility index (Phi) is 7.94. The third-order valence-corrected chi connectivity index (χ3v) is 5.05. The summed E-state index contributed by atoms with van der Waals surface area (Å²) in [6, 6.07) is 3.47. The molecule has 0 radical (unpaired) electrons. The molecule has 1 heterocycles. The predicted octanol–water partition coefficient (Wildman–Crippen LogP) is 2.08. The quantitative estimate of drug-likeness (QED) is 0.705. The first-order valence-electron chi connectivity index (χ1n) is 7.23. The lowest BCUT2D eigenvalue weighted by Crippen LogP contribution is -2.37. The fourth-order valence-corrected chi connectivity index (χ4v) is 3.36. The molecule has 1 aromatic carbocycles. The molecule has 1 unspecified atom stereocenters. The molecule has 7 nitrogen and oxygen atoms in total. The van der Waals surface area contributed by atoms with Crippen LogP contribution in [0.2, 0.25) is 0 Å². The van der Waals surface area contributed by atoms with Crippen LogP contribution in [0.3, 0.4) is 0 Å². The van der Waals surface area contributed by atoms with Crippen molar-refractivity contribution in [1.82, 2.24) is 4.98 Å². The van der Waals surface area contributed by atoms with Crippen LogP contribution in [0.1, 0.15) is 6.42 Å². The van der Waals surface area contributed by atoms with Gasteiger partial charge in [0.05, 0.1) is 24.6 Å². The third-order valence-electron chi connectivity index (χ3n) is 3.32. The number of hydrogen-bond donors (Lipinski definition) is 2. The minimum absolute atomic E-state index is 0. The van der Waals surface area contributed by atoms with Gasteiger partial charge < -0.3 is 15.8 Å². The molecular formula is C15H19ClFN3O4S2. The number of thiazole rings is 1. The number of hydrogen-bond acceptors (Lipinski definition) is 7. The Balaban J connectivity index is 0.00000338. The highest BCUT2D eigenvalue weighted by atomic mass is 35.5. The van der Waals surface area contributed by atoms with E-state index in [-0.39, 0.29) is 30.3 Å². The molecule has 144 valence electrons. The number of carbonyl (C=O) groups excluding carboxylic acids is 1. The maximum atomic E-state index is 13.8. The van der Waals surface area contributed by atoms with E-state index >= 15 is 0 Å². The van der Waals surface area contributed by atoms with Crippen LogP contribution in [0, 0.1) is 5.82 Å². The number of sulfone groups is 1. The Labute approximate surface area is 161 Å². The van der Waals surface area contributed by atoms with Gasteiger partial charge in [-0.25, -0.2) is 17.8 Å². The molecule has 2 rings (SSSR count). The minimum atomic E-state index is -3.19. The van der Waals surface area contributed by atoms with E-state index in [2.05, 4.69) is 10.3 Å². The zero-order valence-electron chi connectivity index (χ0n) is 14.1. The minimum Gasteiger partial charge on any atom is -0.494 e. The number of amides is 1. The van der Waals surface area contributed by atoms with Gasteiger partial charge in [0.25, 0.3) is 0 Å². The average molecular weight is 424 g/mol. The third kappa shape index (κ3) is 6.20. The molecule has 1 amide bonds. The highest BCUT2D eigenvalue weighted by Crippen LogP contribution is 2.28. The van der Waals surface area contributed by atoms with Gasteiger partial charge in [0, 0.05) is 17.2 Å². The fraction of sp³-hybridized carbons (Fsp3) is 0.333. The number of benzene rings is 1. The Morgan fingerprint density at radius 1 is 1.46 bits per heavy atom. The summed E-state index contributed by atoms with van der Waals surface area (Å²) in [6.07, 6.45) is 1.10. The highest BCUT2D eigenvalue weighted by molar-refractivity contribution is 7.90. The molecule has 3 N–H and O–H groups in total. The van der Waals surface area contributed by atoms with E-state index in [4.69, 9.17) is 10.5 Å². The molecule has 26 heavy (non-hydrogen) atoms. The Bertz CT molecular complexity index is 874. The van der Waals surface area contributed by atoms with Crippen LogP contribution in [-0.2, 0) is 14.6 Å². The summed E-state index contributed by atoms with van der Waals surface area (Å²) in [4.78, 5) is 16.2. The number of nitrogens with zero attached hydrogens (tertiary/aromatic N) is 1. The van der Waals surface area contributed by atoms with Crippen molar-refractivity contribution in [2.24, 2.45) is 5.73 Å². The Morgan fingerprint density at radius 3 is 2.73 bits per heavy atom. The standard InChI is InChI=1S/C15H18FN3O4S2.ClH/c1-23-13-4-3-9(7-10(13)16)12-8-24-15(18-12)19-14(20)11(17)5-6-25(2,21)22;/h3-4,7-8,11H,5-6,17H2,1-2H3,(H,18,19,20);1H. The number of carbonyl (C=O) groups is 1. The van der Waals surface area contributed by atoms with Gasteiger partial charge in [0.1, 0.15) is 9.84 Å². The smallest absolute Gasteiger partial charge is 0.243 e. The molecule has 0 fully saturated rings. The van der Waals surface area contributed by atoms with Crippen molar-refractivity contribution >= 4 is 44.6 Å². The maximum Gasteiger partial charge on any atom is 0.243 e. The second-order valence-electron chi connectivity index (χ2n) is 5.40. The number of halogens is 2. The summed E-state index contributed by atoms with van der Waals surface area (Å²) in [5, 5.41) is 4.50. The van der Waals surface area contributed by atoms with Crippen LogP contribution < -0.4 is 15.8 Å². The second kappa shape index (κ2) is 9.26. The summed E-state index contributed by atoms with van der Waals surface area (Å²) < 4.78 is 40.8. The van der Waals surface area contributed by atoms with Crippen molar-refractivity contribution in [2.75, 3.05) is 24.4 Å². The normalized spacial score (nSPS) is 12.2. The molecule has 0 spiro atoms. The monoisotopic (exact) mass is 423 g/mol. The number of nitrogens with one attached hydrogen (secondary N) is 1. The maximum absolute atomic E-state index is 13.8. The van der Waals surface area contributed by atoms with Crippen LogP contribution >= 0.6 is 23.7 Å². The number of nitrogens with two attached hydrogens (primary N) is 1. The average Bonchev–Trinajstić information content (AvgIpc) is 3.00. The largest absolute Gasteiger partial charge is 0.494 e. The molecule has 0 aliphatic rings. The van der Waals surface area contributed by atoms with E-state index in [0.717, 1.165) is 17.6 Å². The predicted molar refractivity (Wildman–Crippen MR) is 102 cm³/mol.